The summed E-state index contributed by atoms with van der Waals surface area (Å²) < 4.78 is 5.11. The number of carbonyl (C=O) groups is 1. The summed E-state index contributed by atoms with van der Waals surface area (Å²) in [6, 6.07) is 5.08. The lowest BCUT2D eigenvalue weighted by molar-refractivity contribution is -0.129. The number of nitrogens with one attached hydrogen (secondary N) is 1. The number of carbonyl (C=O) groups excluding carboxylic acids is 1. The van der Waals surface area contributed by atoms with Crippen molar-refractivity contribution in [2.75, 3.05) is 32.3 Å². The zero-order chi connectivity index (χ0) is 13.0. The molecule has 1 aromatic rings. The first kappa shape index (κ1) is 13.2. The van der Waals surface area contributed by atoms with Crippen LogP contribution < -0.4 is 15.8 Å². The maximum absolute atomic E-state index is 11.7. The number of methoxy groups -OCH3 is 1. The SMILES string of the molecule is COc1cccc(NC(C)C(=O)N(C)C)c1N. The summed E-state index contributed by atoms with van der Waals surface area (Å²) >= 11 is 0. The second kappa shape index (κ2) is 5.43. The Balaban J connectivity index is 2.85. The number of nitrogen functional groups attached to an aromatic ring is 1. The molecule has 0 spiro atoms. The Morgan fingerprint density at radius 1 is 1.47 bits per heavy atom. The maximum atomic E-state index is 11.7. The molecule has 1 aromatic carbocycles. The second-order valence-corrected chi connectivity index (χ2v) is 4.02. The van der Waals surface area contributed by atoms with Crippen molar-refractivity contribution in [3.63, 3.8) is 0 Å². The van der Waals surface area contributed by atoms with Crippen molar-refractivity contribution in [1.29, 1.82) is 0 Å². The molecule has 5 heteroatoms. The van der Waals surface area contributed by atoms with Crippen LogP contribution in [0.5, 0.6) is 5.75 Å². The zero-order valence-corrected chi connectivity index (χ0v) is 10.7. The number of benzene rings is 1. The smallest absolute Gasteiger partial charge is 0.244 e. The van der Waals surface area contributed by atoms with Crippen LogP contribution in [0.2, 0.25) is 0 Å². The molecule has 0 bridgehead atoms. The van der Waals surface area contributed by atoms with Gasteiger partial charge in [0, 0.05) is 14.1 Å². The number of hydrogen-bond acceptors (Lipinski definition) is 4. The molecule has 5 nitrogen and oxygen atoms in total. The lowest BCUT2D eigenvalue weighted by Crippen LogP contribution is -2.36. The van der Waals surface area contributed by atoms with E-state index in [9.17, 15) is 4.79 Å². The highest BCUT2D eigenvalue weighted by atomic mass is 16.5. The summed E-state index contributed by atoms with van der Waals surface area (Å²) in [4.78, 5) is 13.2. The molecule has 0 fully saturated rings. The maximum Gasteiger partial charge on any atom is 0.244 e. The molecule has 0 aliphatic heterocycles. The first-order valence-electron chi connectivity index (χ1n) is 5.37. The highest BCUT2D eigenvalue weighted by Crippen LogP contribution is 2.29. The highest BCUT2D eigenvalue weighted by Gasteiger charge is 2.16. The quantitative estimate of drug-likeness (QED) is 0.771. The first-order valence-corrected chi connectivity index (χ1v) is 5.37. The van der Waals surface area contributed by atoms with E-state index in [1.54, 1.807) is 34.2 Å². The molecule has 0 radical (unpaired) electrons. The Labute approximate surface area is 102 Å². The van der Waals surface area contributed by atoms with Crippen LogP contribution in [0.3, 0.4) is 0 Å². The number of rotatable bonds is 4. The fourth-order valence-corrected chi connectivity index (χ4v) is 1.53. The largest absolute Gasteiger partial charge is 0.495 e. The molecule has 1 rings (SSSR count). The van der Waals surface area contributed by atoms with Crippen LogP contribution >= 0.6 is 0 Å². The van der Waals surface area contributed by atoms with Gasteiger partial charge in [0.2, 0.25) is 5.91 Å². The average molecular weight is 237 g/mol. The Hall–Kier alpha value is -1.91. The van der Waals surface area contributed by atoms with Gasteiger partial charge >= 0.3 is 0 Å². The number of hydrogen-bond donors (Lipinski definition) is 2. The molecular weight excluding hydrogens is 218 g/mol. The molecule has 17 heavy (non-hydrogen) atoms. The van der Waals surface area contributed by atoms with Crippen molar-refractivity contribution in [2.45, 2.75) is 13.0 Å². The van der Waals surface area contributed by atoms with Gasteiger partial charge in [-0.1, -0.05) is 6.07 Å². The molecule has 0 aliphatic rings. The molecule has 1 amide bonds. The topological polar surface area (TPSA) is 67.6 Å². The summed E-state index contributed by atoms with van der Waals surface area (Å²) in [6.07, 6.45) is 0. The van der Waals surface area contributed by atoms with E-state index in [1.165, 1.54) is 4.90 Å². The predicted octanol–water partition coefficient (Wildman–Crippen LogP) is 1.17. The van der Waals surface area contributed by atoms with Gasteiger partial charge in [0.15, 0.2) is 0 Å². The van der Waals surface area contributed by atoms with Gasteiger partial charge in [-0.05, 0) is 19.1 Å². The molecule has 3 N–H and O–H groups in total. The Morgan fingerprint density at radius 2 is 2.12 bits per heavy atom. The fourth-order valence-electron chi connectivity index (χ4n) is 1.53. The average Bonchev–Trinajstić information content (AvgIpc) is 2.30. The van der Waals surface area contributed by atoms with Gasteiger partial charge < -0.3 is 20.7 Å². The van der Waals surface area contributed by atoms with Crippen LogP contribution in [-0.4, -0.2) is 38.1 Å². The van der Waals surface area contributed by atoms with E-state index in [0.717, 1.165) is 0 Å². The van der Waals surface area contributed by atoms with Crippen LogP contribution in [0.4, 0.5) is 11.4 Å². The molecule has 0 heterocycles. The van der Waals surface area contributed by atoms with Crippen LogP contribution in [0.15, 0.2) is 18.2 Å². The van der Waals surface area contributed by atoms with Crippen molar-refractivity contribution in [3.05, 3.63) is 18.2 Å². The van der Waals surface area contributed by atoms with Gasteiger partial charge in [-0.2, -0.15) is 0 Å². The van der Waals surface area contributed by atoms with Gasteiger partial charge in [-0.3, -0.25) is 4.79 Å². The molecule has 0 aliphatic carbocycles. The van der Waals surface area contributed by atoms with Crippen molar-refractivity contribution in [2.24, 2.45) is 0 Å². The second-order valence-electron chi connectivity index (χ2n) is 4.02. The van der Waals surface area contributed by atoms with Crippen molar-refractivity contribution < 1.29 is 9.53 Å². The van der Waals surface area contributed by atoms with Crippen LogP contribution in [0.25, 0.3) is 0 Å². The van der Waals surface area contributed by atoms with Crippen molar-refractivity contribution >= 4 is 17.3 Å². The summed E-state index contributed by atoms with van der Waals surface area (Å²) in [5, 5.41) is 3.07. The fraction of sp³-hybridized carbons (Fsp3) is 0.417. The van der Waals surface area contributed by atoms with E-state index >= 15 is 0 Å². The molecule has 0 saturated heterocycles. The summed E-state index contributed by atoms with van der Waals surface area (Å²) in [5.41, 5.74) is 7.11. The Bertz CT molecular complexity index is 405. The molecule has 0 aromatic heterocycles. The lowest BCUT2D eigenvalue weighted by atomic mass is 10.2. The number of anilines is 2. The first-order chi connectivity index (χ1) is 7.97. The normalized spacial score (nSPS) is 11.8. The number of nitrogens with two attached hydrogens (primary N) is 1. The Morgan fingerprint density at radius 3 is 2.65 bits per heavy atom. The van der Waals surface area contributed by atoms with Gasteiger partial charge in [0.25, 0.3) is 0 Å². The molecular formula is C12H19N3O2. The summed E-state index contributed by atoms with van der Waals surface area (Å²) in [5.74, 6) is 0.590. The van der Waals surface area contributed by atoms with Crippen LogP contribution in [0.1, 0.15) is 6.92 Å². The number of ether oxygens (including phenoxy) is 1. The monoisotopic (exact) mass is 237 g/mol. The van der Waals surface area contributed by atoms with Gasteiger partial charge in [-0.15, -0.1) is 0 Å². The van der Waals surface area contributed by atoms with E-state index < -0.39 is 0 Å². The minimum absolute atomic E-state index is 0.00720. The van der Waals surface area contributed by atoms with E-state index in [-0.39, 0.29) is 11.9 Å². The summed E-state index contributed by atoms with van der Waals surface area (Å²) in [7, 11) is 4.99. The standard InChI is InChI=1S/C12H19N3O2/c1-8(12(16)15(2)3)14-9-6-5-7-10(17-4)11(9)13/h5-8,14H,13H2,1-4H3. The molecule has 1 atom stereocenters. The molecule has 0 saturated carbocycles. The third kappa shape index (κ3) is 3.03. The van der Waals surface area contributed by atoms with E-state index in [4.69, 9.17) is 10.5 Å². The Kier molecular flexibility index (Phi) is 4.20. The van der Waals surface area contributed by atoms with Gasteiger partial charge in [0.05, 0.1) is 18.5 Å². The molecule has 1 unspecified atom stereocenters. The predicted molar refractivity (Wildman–Crippen MR) is 69.2 cm³/mol. The van der Waals surface area contributed by atoms with E-state index in [1.807, 2.05) is 12.1 Å². The van der Waals surface area contributed by atoms with Gasteiger partial charge in [0.1, 0.15) is 11.8 Å². The third-order valence-corrected chi connectivity index (χ3v) is 2.47. The number of amides is 1. The van der Waals surface area contributed by atoms with Crippen molar-refractivity contribution in [1.82, 2.24) is 4.90 Å². The zero-order valence-electron chi connectivity index (χ0n) is 10.7. The number of likely N-dealkylation sites (N-methyl/N-ethyl adjacent to an activating group) is 1. The third-order valence-electron chi connectivity index (χ3n) is 2.47. The van der Waals surface area contributed by atoms with E-state index in [0.29, 0.717) is 17.1 Å². The van der Waals surface area contributed by atoms with Crippen molar-refractivity contribution in [3.8, 4) is 5.75 Å². The number of nitrogens with zero attached hydrogens (tertiary/aromatic N) is 1. The number of para-hydroxylation sites is 1. The van der Waals surface area contributed by atoms with Crippen LogP contribution in [-0.2, 0) is 4.79 Å². The molecule has 94 valence electrons. The minimum Gasteiger partial charge on any atom is -0.495 e. The minimum atomic E-state index is -0.334. The van der Waals surface area contributed by atoms with Gasteiger partial charge in [-0.25, -0.2) is 0 Å². The van der Waals surface area contributed by atoms with E-state index in [2.05, 4.69) is 5.32 Å². The summed E-state index contributed by atoms with van der Waals surface area (Å²) in [6.45, 7) is 1.79. The highest BCUT2D eigenvalue weighted by molar-refractivity contribution is 5.85. The van der Waals surface area contributed by atoms with Crippen LogP contribution in [0, 0.1) is 0 Å². The lowest BCUT2D eigenvalue weighted by Gasteiger charge is -2.20.